The first-order valence-corrected chi connectivity index (χ1v) is 13.0. The number of aliphatic hydroxyl groups is 1. The predicted octanol–water partition coefficient (Wildman–Crippen LogP) is 6.67. The van der Waals surface area contributed by atoms with Crippen molar-refractivity contribution in [3.63, 3.8) is 0 Å². The van der Waals surface area contributed by atoms with E-state index in [2.05, 4.69) is 33.0 Å². The molecule has 1 N–H and O–H groups in total. The zero-order valence-electron chi connectivity index (χ0n) is 17.4. The molecule has 0 saturated heterocycles. The highest BCUT2D eigenvalue weighted by Gasteiger charge is 2.44. The van der Waals surface area contributed by atoms with Gasteiger partial charge in [-0.3, -0.25) is 0 Å². The fourth-order valence-corrected chi connectivity index (χ4v) is 6.32. The maximum atomic E-state index is 11.9. The number of oxazole rings is 1. The van der Waals surface area contributed by atoms with Crippen LogP contribution in [0.25, 0.3) is 0 Å². The minimum Gasteiger partial charge on any atom is -0.442 e. The molecule has 160 valence electrons. The van der Waals surface area contributed by atoms with Crippen LogP contribution in [0.15, 0.2) is 53.1 Å². The number of nitrogens with zero attached hydrogens (tertiary/aromatic N) is 1. The molecule has 0 spiro atoms. The van der Waals surface area contributed by atoms with Crippen LogP contribution in [0.1, 0.15) is 65.5 Å². The first-order chi connectivity index (χ1) is 14.7. The quantitative estimate of drug-likeness (QED) is 0.343. The summed E-state index contributed by atoms with van der Waals surface area (Å²) in [4.78, 5) is 7.43. The fourth-order valence-electron chi connectivity index (χ4n) is 4.57. The molecule has 30 heavy (non-hydrogen) atoms. The van der Waals surface area contributed by atoms with Gasteiger partial charge in [0, 0.05) is 27.4 Å². The lowest BCUT2D eigenvalue weighted by molar-refractivity contribution is -0.0238. The van der Waals surface area contributed by atoms with Crippen LogP contribution in [-0.2, 0) is 24.9 Å². The van der Waals surface area contributed by atoms with Crippen LogP contribution in [-0.4, -0.2) is 15.4 Å². The molecule has 0 bridgehead atoms. The summed E-state index contributed by atoms with van der Waals surface area (Å²) < 4.78 is 6.17. The molecule has 1 aromatic carbocycles. The molecule has 0 amide bonds. The second-order valence-electron chi connectivity index (χ2n) is 8.26. The Morgan fingerprint density at radius 2 is 1.73 bits per heavy atom. The molecule has 4 rings (SSSR count). The van der Waals surface area contributed by atoms with E-state index in [4.69, 9.17) is 4.42 Å². The topological polar surface area (TPSA) is 46.3 Å². The molecular weight excluding hydrogens is 458 g/mol. The van der Waals surface area contributed by atoms with Crippen LogP contribution in [0, 0.1) is 5.92 Å². The summed E-state index contributed by atoms with van der Waals surface area (Å²) in [5.74, 6) is 1.48. The van der Waals surface area contributed by atoms with E-state index in [1.807, 2.05) is 47.9 Å². The van der Waals surface area contributed by atoms with Crippen LogP contribution in [0.4, 0.5) is 0 Å². The molecule has 1 saturated carbocycles. The molecule has 3 aromatic rings. The summed E-state index contributed by atoms with van der Waals surface area (Å²) in [6.45, 7) is 0. The summed E-state index contributed by atoms with van der Waals surface area (Å²) in [7, 11) is 0. The maximum absolute atomic E-state index is 11.9. The number of alkyl halides is 1. The van der Waals surface area contributed by atoms with Crippen molar-refractivity contribution in [1.82, 2.24) is 4.98 Å². The van der Waals surface area contributed by atoms with Crippen molar-refractivity contribution in [2.24, 2.45) is 5.92 Å². The van der Waals surface area contributed by atoms with Crippen LogP contribution in [0.3, 0.4) is 0 Å². The molecule has 0 radical (unpaired) electrons. The fraction of sp³-hybridized carbons (Fsp3) is 0.480. The van der Waals surface area contributed by atoms with E-state index in [9.17, 15) is 5.11 Å². The highest BCUT2D eigenvalue weighted by Crippen LogP contribution is 2.43. The zero-order chi connectivity index (χ0) is 20.8. The number of hydrogen-bond donors (Lipinski definition) is 1. The number of aryl methyl sites for hydroxylation is 3. The van der Waals surface area contributed by atoms with Crippen LogP contribution >= 0.6 is 27.3 Å². The van der Waals surface area contributed by atoms with E-state index in [0.717, 1.165) is 68.0 Å². The SMILES string of the molecule is O[C@](c1ccccc1)(c1ncc(CCCc2ccc(CCBr)s2)o1)C1CCCCC1. The standard InChI is InChI=1S/C25H30BrNO2S/c26-17-16-23-15-14-22(30-23)13-7-12-21-18-27-24(29-21)25(28,19-8-3-1-4-9-19)20-10-5-2-6-11-20/h1,3-4,8-9,14-15,18,20,28H,2,5-7,10-13,16-17H2/t25-/m0/s1. The van der Waals surface area contributed by atoms with E-state index >= 15 is 0 Å². The third kappa shape index (κ3) is 4.90. The van der Waals surface area contributed by atoms with Crippen molar-refractivity contribution in [3.8, 4) is 0 Å². The third-order valence-electron chi connectivity index (χ3n) is 6.19. The lowest BCUT2D eigenvalue weighted by Gasteiger charge is -2.36. The Morgan fingerprint density at radius 1 is 1.00 bits per heavy atom. The molecule has 1 aliphatic rings. The highest BCUT2D eigenvalue weighted by atomic mass is 79.9. The molecular formula is C25H30BrNO2S. The minimum atomic E-state index is -1.14. The summed E-state index contributed by atoms with van der Waals surface area (Å²) in [5, 5.41) is 12.9. The largest absolute Gasteiger partial charge is 0.442 e. The molecule has 0 aliphatic heterocycles. The number of thiophene rings is 1. The highest BCUT2D eigenvalue weighted by molar-refractivity contribution is 9.09. The number of benzene rings is 1. The van der Waals surface area contributed by atoms with E-state index in [0.29, 0.717) is 5.89 Å². The van der Waals surface area contributed by atoms with Gasteiger partial charge >= 0.3 is 0 Å². The number of rotatable bonds is 9. The Balaban J connectivity index is 1.46. The van der Waals surface area contributed by atoms with E-state index in [-0.39, 0.29) is 5.92 Å². The van der Waals surface area contributed by atoms with Crippen LogP contribution in [0.2, 0.25) is 0 Å². The zero-order valence-corrected chi connectivity index (χ0v) is 19.8. The van der Waals surface area contributed by atoms with E-state index in [1.165, 1.54) is 16.2 Å². The summed E-state index contributed by atoms with van der Waals surface area (Å²) in [5.41, 5.74) is -0.249. The van der Waals surface area contributed by atoms with Gasteiger partial charge in [0.2, 0.25) is 5.89 Å². The average molecular weight is 488 g/mol. The normalized spacial score (nSPS) is 17.1. The minimum absolute atomic E-state index is 0.152. The van der Waals surface area contributed by atoms with Crippen LogP contribution in [0.5, 0.6) is 0 Å². The monoisotopic (exact) mass is 487 g/mol. The average Bonchev–Trinajstić information content (AvgIpc) is 3.45. The Hall–Kier alpha value is -1.43. The third-order valence-corrected chi connectivity index (χ3v) is 7.80. The van der Waals surface area contributed by atoms with E-state index < -0.39 is 5.60 Å². The van der Waals surface area contributed by atoms with Gasteiger partial charge in [-0.05, 0) is 49.8 Å². The Morgan fingerprint density at radius 3 is 2.47 bits per heavy atom. The predicted molar refractivity (Wildman–Crippen MR) is 126 cm³/mol. The van der Waals surface area contributed by atoms with Gasteiger partial charge in [-0.15, -0.1) is 11.3 Å². The van der Waals surface area contributed by atoms with Crippen molar-refractivity contribution in [1.29, 1.82) is 0 Å². The van der Waals surface area contributed by atoms with Crippen LogP contribution < -0.4 is 0 Å². The second-order valence-corrected chi connectivity index (χ2v) is 10.3. The van der Waals surface area contributed by atoms with Gasteiger partial charge < -0.3 is 9.52 Å². The smallest absolute Gasteiger partial charge is 0.231 e. The first kappa shape index (κ1) is 21.8. The van der Waals surface area contributed by atoms with Gasteiger partial charge in [0.15, 0.2) is 5.60 Å². The van der Waals surface area contributed by atoms with Gasteiger partial charge in [-0.25, -0.2) is 4.98 Å². The Labute approximate surface area is 191 Å². The molecule has 1 aliphatic carbocycles. The van der Waals surface area contributed by atoms with Gasteiger partial charge in [0.05, 0.1) is 6.20 Å². The maximum Gasteiger partial charge on any atom is 0.231 e. The molecule has 3 nitrogen and oxygen atoms in total. The second kappa shape index (κ2) is 10.3. The number of aromatic nitrogens is 1. The molecule has 0 unspecified atom stereocenters. The Kier molecular flexibility index (Phi) is 7.45. The lowest BCUT2D eigenvalue weighted by Crippen LogP contribution is -2.38. The summed E-state index contributed by atoms with van der Waals surface area (Å²) in [6, 6.07) is 14.4. The van der Waals surface area contributed by atoms with Crippen molar-refractivity contribution < 1.29 is 9.52 Å². The summed E-state index contributed by atoms with van der Waals surface area (Å²) in [6.07, 6.45) is 11.4. The van der Waals surface area contributed by atoms with Gasteiger partial charge in [0.1, 0.15) is 5.76 Å². The van der Waals surface area contributed by atoms with Crippen molar-refractivity contribution in [2.75, 3.05) is 5.33 Å². The lowest BCUT2D eigenvalue weighted by atomic mass is 9.73. The van der Waals surface area contributed by atoms with Gasteiger partial charge in [-0.1, -0.05) is 65.5 Å². The molecule has 1 fully saturated rings. The Bertz CT molecular complexity index is 916. The molecule has 2 heterocycles. The first-order valence-electron chi connectivity index (χ1n) is 11.1. The molecule has 2 aromatic heterocycles. The van der Waals surface area contributed by atoms with E-state index in [1.54, 1.807) is 0 Å². The van der Waals surface area contributed by atoms with Crippen molar-refractivity contribution in [2.45, 2.75) is 63.4 Å². The number of halogens is 1. The summed E-state index contributed by atoms with van der Waals surface area (Å²) >= 11 is 5.41. The van der Waals surface area contributed by atoms with Crippen molar-refractivity contribution in [3.05, 3.63) is 75.6 Å². The van der Waals surface area contributed by atoms with Gasteiger partial charge in [-0.2, -0.15) is 0 Å². The van der Waals surface area contributed by atoms with Gasteiger partial charge in [0.25, 0.3) is 0 Å². The number of hydrogen-bond acceptors (Lipinski definition) is 4. The van der Waals surface area contributed by atoms with Crippen molar-refractivity contribution >= 4 is 27.3 Å². The molecule has 5 heteroatoms. The molecule has 1 atom stereocenters.